The van der Waals surface area contributed by atoms with Crippen LogP contribution in [-0.2, 0) is 13.0 Å². The first kappa shape index (κ1) is 12.3. The lowest BCUT2D eigenvalue weighted by Crippen LogP contribution is -2.36. The summed E-state index contributed by atoms with van der Waals surface area (Å²) >= 11 is 3.42. The summed E-state index contributed by atoms with van der Waals surface area (Å²) in [7, 11) is 0. The summed E-state index contributed by atoms with van der Waals surface area (Å²) in [4.78, 5) is 22.6. The van der Waals surface area contributed by atoms with E-state index in [-0.39, 0.29) is 5.91 Å². The summed E-state index contributed by atoms with van der Waals surface area (Å²) < 4.78 is 0.829. The van der Waals surface area contributed by atoms with Gasteiger partial charge in [-0.3, -0.25) is 4.79 Å². The molecule has 1 amide bonds. The van der Waals surface area contributed by atoms with Crippen molar-refractivity contribution in [1.82, 2.24) is 14.9 Å². The molecule has 0 saturated carbocycles. The van der Waals surface area contributed by atoms with Crippen LogP contribution in [0.1, 0.15) is 21.6 Å². The Kier molecular flexibility index (Phi) is 3.29. The van der Waals surface area contributed by atoms with E-state index in [0.717, 1.165) is 22.2 Å². The van der Waals surface area contributed by atoms with Crippen LogP contribution in [-0.4, -0.2) is 27.3 Å². The Morgan fingerprint density at radius 1 is 1.32 bits per heavy atom. The Morgan fingerprint density at radius 2 is 2.16 bits per heavy atom. The molecule has 0 bridgehead atoms. The van der Waals surface area contributed by atoms with E-state index in [1.165, 1.54) is 0 Å². The first-order valence-corrected chi connectivity index (χ1v) is 6.86. The van der Waals surface area contributed by atoms with Crippen molar-refractivity contribution in [1.29, 1.82) is 0 Å². The molecule has 0 N–H and O–H groups in total. The van der Waals surface area contributed by atoms with Gasteiger partial charge in [-0.25, -0.2) is 9.97 Å². The Hall–Kier alpha value is -1.75. The van der Waals surface area contributed by atoms with Gasteiger partial charge >= 0.3 is 0 Å². The van der Waals surface area contributed by atoms with Crippen LogP contribution in [0.2, 0.25) is 0 Å². The number of benzene rings is 1. The molecule has 0 aliphatic carbocycles. The average Bonchev–Trinajstić information content (AvgIpc) is 2.46. The summed E-state index contributed by atoms with van der Waals surface area (Å²) in [6, 6.07) is 7.50. The van der Waals surface area contributed by atoms with Gasteiger partial charge in [0.15, 0.2) is 0 Å². The molecule has 3 rings (SSSR count). The summed E-state index contributed by atoms with van der Waals surface area (Å²) in [5.41, 5.74) is 2.78. The van der Waals surface area contributed by atoms with Gasteiger partial charge in [-0.2, -0.15) is 0 Å². The highest BCUT2D eigenvalue weighted by Gasteiger charge is 2.23. The molecule has 0 radical (unpaired) electrons. The fraction of sp³-hybridized carbons (Fsp3) is 0.214. The molecule has 0 unspecified atom stereocenters. The van der Waals surface area contributed by atoms with E-state index in [1.54, 1.807) is 12.5 Å². The highest BCUT2D eigenvalue weighted by atomic mass is 79.9. The van der Waals surface area contributed by atoms with E-state index in [9.17, 15) is 4.79 Å². The van der Waals surface area contributed by atoms with Crippen LogP contribution < -0.4 is 0 Å². The van der Waals surface area contributed by atoms with Gasteiger partial charge in [0.1, 0.15) is 6.33 Å². The van der Waals surface area contributed by atoms with Crippen molar-refractivity contribution in [3.8, 4) is 0 Å². The minimum absolute atomic E-state index is 0.0435. The van der Waals surface area contributed by atoms with E-state index in [1.807, 2.05) is 29.2 Å². The van der Waals surface area contributed by atoms with Crippen LogP contribution in [0.4, 0.5) is 0 Å². The average molecular weight is 318 g/mol. The number of halogens is 1. The third-order valence-corrected chi connectivity index (χ3v) is 3.94. The van der Waals surface area contributed by atoms with Crippen LogP contribution in [0, 0.1) is 0 Å². The van der Waals surface area contributed by atoms with Gasteiger partial charge in [-0.1, -0.05) is 12.1 Å². The van der Waals surface area contributed by atoms with Gasteiger partial charge in [0.05, 0.1) is 11.3 Å². The molecule has 19 heavy (non-hydrogen) atoms. The molecule has 1 aliphatic heterocycles. The van der Waals surface area contributed by atoms with Crippen molar-refractivity contribution in [2.75, 3.05) is 6.54 Å². The smallest absolute Gasteiger partial charge is 0.255 e. The molecule has 0 spiro atoms. The first-order valence-electron chi connectivity index (χ1n) is 6.07. The summed E-state index contributed by atoms with van der Waals surface area (Å²) in [6.07, 6.45) is 4.14. The fourth-order valence-electron chi connectivity index (χ4n) is 2.24. The van der Waals surface area contributed by atoms with Gasteiger partial charge in [-0.15, -0.1) is 0 Å². The minimum atomic E-state index is 0.0435. The lowest BCUT2D eigenvalue weighted by atomic mass is 10.1. The zero-order valence-electron chi connectivity index (χ0n) is 10.2. The van der Waals surface area contributed by atoms with Crippen LogP contribution >= 0.6 is 15.9 Å². The maximum Gasteiger partial charge on any atom is 0.255 e. The van der Waals surface area contributed by atoms with Crippen LogP contribution in [0.3, 0.4) is 0 Å². The van der Waals surface area contributed by atoms with Crippen molar-refractivity contribution in [2.45, 2.75) is 13.0 Å². The second kappa shape index (κ2) is 5.09. The van der Waals surface area contributed by atoms with Crippen molar-refractivity contribution in [3.63, 3.8) is 0 Å². The highest BCUT2D eigenvalue weighted by Crippen LogP contribution is 2.22. The quantitative estimate of drug-likeness (QED) is 0.811. The molecule has 0 saturated heterocycles. The maximum atomic E-state index is 12.5. The highest BCUT2D eigenvalue weighted by molar-refractivity contribution is 9.10. The SMILES string of the molecule is O=C(c1ccccc1Br)N1CCc2ncncc2C1. The molecule has 0 atom stereocenters. The third kappa shape index (κ3) is 2.38. The molecule has 1 aromatic heterocycles. The molecule has 5 heteroatoms. The molecule has 0 fully saturated rings. The van der Waals surface area contributed by atoms with E-state index < -0.39 is 0 Å². The standard InChI is InChI=1S/C14H12BrN3O/c15-12-4-2-1-3-11(12)14(19)18-6-5-13-10(8-18)7-16-9-17-13/h1-4,7,9H,5-6,8H2. The number of nitrogens with zero attached hydrogens (tertiary/aromatic N) is 3. The lowest BCUT2D eigenvalue weighted by Gasteiger charge is -2.28. The Balaban J connectivity index is 1.86. The number of fused-ring (bicyclic) bond motifs is 1. The van der Waals surface area contributed by atoms with Crippen molar-refractivity contribution in [2.24, 2.45) is 0 Å². The predicted octanol–water partition coefficient (Wildman–Crippen LogP) is 2.44. The maximum absolute atomic E-state index is 12.5. The van der Waals surface area contributed by atoms with Crippen LogP contribution in [0.5, 0.6) is 0 Å². The van der Waals surface area contributed by atoms with E-state index >= 15 is 0 Å². The van der Waals surface area contributed by atoms with E-state index in [0.29, 0.717) is 18.7 Å². The van der Waals surface area contributed by atoms with Gasteiger partial charge in [0.25, 0.3) is 5.91 Å². The first-order chi connectivity index (χ1) is 9.25. The van der Waals surface area contributed by atoms with Crippen molar-refractivity contribution >= 4 is 21.8 Å². The number of rotatable bonds is 1. The number of carbonyl (C=O) groups excluding carboxylic acids is 1. The second-order valence-electron chi connectivity index (χ2n) is 4.45. The third-order valence-electron chi connectivity index (χ3n) is 3.25. The molecular weight excluding hydrogens is 306 g/mol. The van der Waals surface area contributed by atoms with Gasteiger partial charge in [-0.05, 0) is 28.1 Å². The fourth-order valence-corrected chi connectivity index (χ4v) is 2.70. The van der Waals surface area contributed by atoms with Gasteiger partial charge in [0, 0.05) is 35.7 Å². The van der Waals surface area contributed by atoms with Crippen molar-refractivity contribution in [3.05, 3.63) is 58.1 Å². The normalized spacial score (nSPS) is 14.1. The molecule has 96 valence electrons. The number of amides is 1. The van der Waals surface area contributed by atoms with E-state index in [2.05, 4.69) is 25.9 Å². The summed E-state index contributed by atoms with van der Waals surface area (Å²) in [5.74, 6) is 0.0435. The zero-order valence-corrected chi connectivity index (χ0v) is 11.8. The van der Waals surface area contributed by atoms with Gasteiger partial charge < -0.3 is 4.90 Å². The number of hydrogen-bond acceptors (Lipinski definition) is 3. The molecule has 2 heterocycles. The molecule has 4 nitrogen and oxygen atoms in total. The van der Waals surface area contributed by atoms with E-state index in [4.69, 9.17) is 0 Å². The van der Waals surface area contributed by atoms with Gasteiger partial charge in [0.2, 0.25) is 0 Å². The topological polar surface area (TPSA) is 46.1 Å². The molecule has 1 aromatic carbocycles. The number of aromatic nitrogens is 2. The Morgan fingerprint density at radius 3 is 3.00 bits per heavy atom. The Labute approximate surface area is 119 Å². The monoisotopic (exact) mass is 317 g/mol. The lowest BCUT2D eigenvalue weighted by molar-refractivity contribution is 0.0732. The number of carbonyl (C=O) groups is 1. The molecule has 1 aliphatic rings. The second-order valence-corrected chi connectivity index (χ2v) is 5.31. The molecule has 2 aromatic rings. The largest absolute Gasteiger partial charge is 0.334 e. The predicted molar refractivity (Wildman–Crippen MR) is 74.6 cm³/mol. The zero-order chi connectivity index (χ0) is 13.2. The van der Waals surface area contributed by atoms with Crippen molar-refractivity contribution < 1.29 is 4.79 Å². The molecular formula is C14H12BrN3O. The summed E-state index contributed by atoms with van der Waals surface area (Å²) in [5, 5.41) is 0. The van der Waals surface area contributed by atoms with Crippen LogP contribution in [0.15, 0.2) is 41.3 Å². The van der Waals surface area contributed by atoms with Crippen LogP contribution in [0.25, 0.3) is 0 Å². The number of hydrogen-bond donors (Lipinski definition) is 0. The Bertz CT molecular complexity index is 630. The summed E-state index contributed by atoms with van der Waals surface area (Å²) in [6.45, 7) is 1.28. The minimum Gasteiger partial charge on any atom is -0.334 e.